The highest BCUT2D eigenvalue weighted by Gasteiger charge is 2.64. The molecule has 0 radical (unpaired) electrons. The van der Waals surface area contributed by atoms with Crippen LogP contribution in [0.25, 0.3) is 0 Å². The van der Waals surface area contributed by atoms with Crippen LogP contribution < -0.4 is 4.74 Å². The number of carbonyl (C=O) groups excluding carboxylic acids is 1. The lowest BCUT2D eigenvalue weighted by atomic mass is 9.49. The van der Waals surface area contributed by atoms with Crippen molar-refractivity contribution in [2.75, 3.05) is 0 Å². The molecular formula is C26H35BrO3. The van der Waals surface area contributed by atoms with Gasteiger partial charge in [0.2, 0.25) is 0 Å². The topological polar surface area (TPSA) is 35.5 Å². The lowest BCUT2D eigenvalue weighted by Gasteiger charge is -2.59. The monoisotopic (exact) mass is 474 g/mol. The van der Waals surface area contributed by atoms with Crippen LogP contribution in [0.15, 0.2) is 35.3 Å². The quantitative estimate of drug-likeness (QED) is 0.344. The van der Waals surface area contributed by atoms with Crippen molar-refractivity contribution in [1.82, 2.24) is 0 Å². The average Bonchev–Trinajstić information content (AvgIpc) is 2.72. The molecule has 5 atom stereocenters. The highest BCUT2D eigenvalue weighted by Crippen LogP contribution is 2.66. The lowest BCUT2D eigenvalue weighted by Crippen LogP contribution is -2.60. The molecule has 0 N–H and O–H groups in total. The second kappa shape index (κ2) is 7.69. The largest absolute Gasteiger partial charge is 0.486 e. The van der Waals surface area contributed by atoms with E-state index in [4.69, 9.17) is 9.47 Å². The minimum atomic E-state index is -0.190. The van der Waals surface area contributed by atoms with Gasteiger partial charge in [0.25, 0.3) is 0 Å². The Bertz CT molecular complexity index is 847. The molecule has 3 nitrogen and oxygen atoms in total. The maximum Gasteiger partial charge on any atom is 0.302 e. The van der Waals surface area contributed by atoms with Crippen LogP contribution in [0.5, 0.6) is 5.75 Å². The van der Waals surface area contributed by atoms with E-state index in [0.29, 0.717) is 17.3 Å². The number of rotatable bonds is 5. The molecule has 3 fully saturated rings. The van der Waals surface area contributed by atoms with Gasteiger partial charge in [-0.1, -0.05) is 32.9 Å². The van der Waals surface area contributed by atoms with Gasteiger partial charge in [0.05, 0.1) is 4.47 Å². The van der Waals surface area contributed by atoms with Crippen molar-refractivity contribution >= 4 is 21.9 Å². The molecule has 4 rings (SSSR count). The van der Waals surface area contributed by atoms with Crippen molar-refractivity contribution in [3.05, 3.63) is 40.9 Å². The number of hydrogen-bond donors (Lipinski definition) is 0. The van der Waals surface area contributed by atoms with Crippen LogP contribution in [0.1, 0.15) is 71.8 Å². The zero-order valence-corrected chi connectivity index (χ0v) is 20.4. The van der Waals surface area contributed by atoms with Gasteiger partial charge in [-0.25, -0.2) is 0 Å². The van der Waals surface area contributed by atoms with E-state index in [0.717, 1.165) is 42.3 Å². The van der Waals surface area contributed by atoms with Crippen molar-refractivity contribution < 1.29 is 14.3 Å². The maximum atomic E-state index is 11.8. The second-order valence-corrected chi connectivity index (χ2v) is 11.7. The summed E-state index contributed by atoms with van der Waals surface area (Å²) in [6, 6.07) is 6.40. The molecule has 164 valence electrons. The predicted octanol–water partition coefficient (Wildman–Crippen LogP) is 6.87. The predicted molar refractivity (Wildman–Crippen MR) is 124 cm³/mol. The molecule has 2 bridgehead atoms. The zero-order chi connectivity index (χ0) is 21.7. The highest BCUT2D eigenvalue weighted by atomic mass is 79.9. The van der Waals surface area contributed by atoms with Gasteiger partial charge < -0.3 is 9.47 Å². The summed E-state index contributed by atoms with van der Waals surface area (Å²) in [6.07, 6.45) is 9.04. The van der Waals surface area contributed by atoms with Crippen LogP contribution in [0.4, 0.5) is 0 Å². The van der Waals surface area contributed by atoms with Gasteiger partial charge in [-0.15, -0.1) is 6.58 Å². The number of allylic oxidation sites excluding steroid dienone is 1. The number of ether oxygens (including phenoxy) is 2. The number of carbonyl (C=O) groups is 1. The molecular weight excluding hydrogens is 440 g/mol. The SMILES string of the molecule is C=CCc1ccc(O[C@@]23CC[C@H](OC(C)=O)[C@@](C)(CC[C@@H]4[C@@H]2CC4(C)C)C3)c(Br)c1. The van der Waals surface area contributed by atoms with Crippen LogP contribution >= 0.6 is 15.9 Å². The molecule has 3 saturated carbocycles. The molecule has 30 heavy (non-hydrogen) atoms. The van der Waals surface area contributed by atoms with E-state index < -0.39 is 0 Å². The Morgan fingerprint density at radius 3 is 2.63 bits per heavy atom. The molecule has 1 aromatic rings. The van der Waals surface area contributed by atoms with E-state index in [-0.39, 0.29) is 23.1 Å². The van der Waals surface area contributed by atoms with Crippen LogP contribution in [0.2, 0.25) is 0 Å². The van der Waals surface area contributed by atoms with E-state index >= 15 is 0 Å². The summed E-state index contributed by atoms with van der Waals surface area (Å²) in [5, 5.41) is 0. The Labute approximate surface area is 189 Å². The third-order valence-corrected chi connectivity index (χ3v) is 8.87. The van der Waals surface area contributed by atoms with E-state index in [2.05, 4.69) is 61.5 Å². The third-order valence-electron chi connectivity index (χ3n) is 8.25. The summed E-state index contributed by atoms with van der Waals surface area (Å²) in [6.45, 7) is 12.5. The molecule has 0 heterocycles. The number of benzene rings is 1. The number of esters is 1. The standard InChI is InChI=1S/C26H35BrO3/c1-6-7-18-8-9-22(21(27)14-18)30-26-13-11-23(29-17(2)28)25(5,16-26)12-10-19-20(26)15-24(19,3)4/h6,8-9,14,19-20,23H,1,7,10-13,15-16H2,2-5H3/t19-,20+,23+,25+,26-/m1/s1. The van der Waals surface area contributed by atoms with Crippen LogP contribution in [0, 0.1) is 22.7 Å². The van der Waals surface area contributed by atoms with Gasteiger partial charge >= 0.3 is 5.97 Å². The summed E-state index contributed by atoms with van der Waals surface area (Å²) < 4.78 is 13.8. The van der Waals surface area contributed by atoms with Gasteiger partial charge in [0, 0.05) is 18.3 Å². The van der Waals surface area contributed by atoms with Crippen molar-refractivity contribution in [2.45, 2.75) is 84.3 Å². The van der Waals surface area contributed by atoms with Crippen LogP contribution in [-0.2, 0) is 16.0 Å². The summed E-state index contributed by atoms with van der Waals surface area (Å²) in [5.41, 5.74) is 1.36. The first-order valence-electron chi connectivity index (χ1n) is 11.3. The minimum Gasteiger partial charge on any atom is -0.486 e. The number of fused-ring (bicyclic) bond motifs is 4. The fourth-order valence-corrected chi connectivity index (χ4v) is 7.26. The summed E-state index contributed by atoms with van der Waals surface area (Å²) in [7, 11) is 0. The van der Waals surface area contributed by atoms with Crippen molar-refractivity contribution in [2.24, 2.45) is 22.7 Å². The Hall–Kier alpha value is -1.29. The fourth-order valence-electron chi connectivity index (χ4n) is 6.75. The van der Waals surface area contributed by atoms with Gasteiger partial charge in [-0.2, -0.15) is 0 Å². The van der Waals surface area contributed by atoms with E-state index in [1.54, 1.807) is 0 Å². The molecule has 4 heteroatoms. The van der Waals surface area contributed by atoms with Crippen LogP contribution in [0.3, 0.4) is 0 Å². The minimum absolute atomic E-state index is 0.00857. The van der Waals surface area contributed by atoms with Gasteiger partial charge in [-0.05, 0) is 89.9 Å². The van der Waals surface area contributed by atoms with E-state index in [1.165, 1.54) is 25.3 Å². The first-order valence-corrected chi connectivity index (χ1v) is 12.1. The van der Waals surface area contributed by atoms with Gasteiger partial charge in [0.1, 0.15) is 17.5 Å². The second-order valence-electron chi connectivity index (χ2n) is 10.8. The van der Waals surface area contributed by atoms with Crippen molar-refractivity contribution in [3.8, 4) is 5.75 Å². The summed E-state index contributed by atoms with van der Waals surface area (Å²) >= 11 is 3.75. The molecule has 0 unspecified atom stereocenters. The molecule has 1 aromatic carbocycles. The third kappa shape index (κ3) is 3.74. The normalized spacial score (nSPS) is 36.6. The first-order chi connectivity index (χ1) is 14.1. The lowest BCUT2D eigenvalue weighted by molar-refractivity contribution is -0.180. The highest BCUT2D eigenvalue weighted by molar-refractivity contribution is 9.10. The zero-order valence-electron chi connectivity index (χ0n) is 18.8. The molecule has 0 aromatic heterocycles. The Morgan fingerprint density at radius 2 is 2.00 bits per heavy atom. The summed E-state index contributed by atoms with van der Waals surface area (Å²) in [5.74, 6) is 1.99. The van der Waals surface area contributed by atoms with E-state index in [1.807, 2.05) is 6.08 Å². The van der Waals surface area contributed by atoms with Gasteiger partial charge in [-0.3, -0.25) is 4.79 Å². The fraction of sp³-hybridized carbons (Fsp3) is 0.654. The smallest absolute Gasteiger partial charge is 0.302 e. The average molecular weight is 475 g/mol. The Kier molecular flexibility index (Phi) is 5.62. The van der Waals surface area contributed by atoms with Crippen molar-refractivity contribution in [3.63, 3.8) is 0 Å². The molecule has 0 aliphatic heterocycles. The Morgan fingerprint density at radius 1 is 1.23 bits per heavy atom. The molecule has 0 saturated heterocycles. The molecule has 0 spiro atoms. The molecule has 0 amide bonds. The van der Waals surface area contributed by atoms with E-state index in [9.17, 15) is 4.79 Å². The van der Waals surface area contributed by atoms with Crippen LogP contribution in [-0.4, -0.2) is 17.7 Å². The first kappa shape index (κ1) is 21.9. The van der Waals surface area contributed by atoms with Crippen molar-refractivity contribution in [1.29, 1.82) is 0 Å². The Balaban J connectivity index is 1.68. The number of hydrogen-bond acceptors (Lipinski definition) is 3. The maximum absolute atomic E-state index is 11.8. The molecule has 3 aliphatic carbocycles. The summed E-state index contributed by atoms with van der Waals surface area (Å²) in [4.78, 5) is 11.8. The van der Waals surface area contributed by atoms with Gasteiger partial charge in [0.15, 0.2) is 0 Å². The number of halogens is 1. The molecule has 3 aliphatic rings.